The number of ether oxygens (including phenoxy) is 2. The fourth-order valence-electron chi connectivity index (χ4n) is 2.61. The van der Waals surface area contributed by atoms with E-state index < -0.39 is 0 Å². The van der Waals surface area contributed by atoms with Crippen molar-refractivity contribution in [3.8, 4) is 11.5 Å². The topological polar surface area (TPSA) is 64.9 Å². The fourth-order valence-corrected chi connectivity index (χ4v) is 2.61. The number of aryl methyl sites for hydroxylation is 1. The average molecular weight is 351 g/mol. The summed E-state index contributed by atoms with van der Waals surface area (Å²) < 4.78 is 12.5. The summed E-state index contributed by atoms with van der Waals surface area (Å²) in [7, 11) is 3.18. The number of nitrogens with zero attached hydrogens (tertiary/aromatic N) is 2. The lowest BCUT2D eigenvalue weighted by molar-refractivity contribution is -0.116. The molecule has 1 amide bonds. The third-order valence-electron chi connectivity index (χ3n) is 3.94. The lowest BCUT2D eigenvalue weighted by Gasteiger charge is -2.07. The van der Waals surface area contributed by atoms with Gasteiger partial charge < -0.3 is 19.2 Å². The van der Waals surface area contributed by atoms with Gasteiger partial charge in [-0.2, -0.15) is 0 Å². The molecule has 6 heteroatoms. The molecule has 134 valence electrons. The van der Waals surface area contributed by atoms with E-state index in [1.54, 1.807) is 32.4 Å². The van der Waals surface area contributed by atoms with Crippen molar-refractivity contribution in [1.29, 1.82) is 0 Å². The van der Waals surface area contributed by atoms with E-state index in [-0.39, 0.29) is 5.91 Å². The minimum Gasteiger partial charge on any atom is -0.497 e. The first-order chi connectivity index (χ1) is 12.6. The van der Waals surface area contributed by atoms with Crippen molar-refractivity contribution in [2.24, 2.45) is 0 Å². The second-order valence-corrected chi connectivity index (χ2v) is 5.86. The van der Waals surface area contributed by atoms with Crippen LogP contribution in [0.5, 0.6) is 11.5 Å². The summed E-state index contributed by atoms with van der Waals surface area (Å²) in [5.74, 6) is 1.17. The molecule has 0 aliphatic rings. The third kappa shape index (κ3) is 4.03. The molecule has 26 heavy (non-hydrogen) atoms. The molecule has 1 N–H and O–H groups in total. The number of pyridine rings is 1. The summed E-state index contributed by atoms with van der Waals surface area (Å²) >= 11 is 0. The molecule has 0 aliphatic carbocycles. The number of fused-ring (bicyclic) bond motifs is 1. The van der Waals surface area contributed by atoms with Gasteiger partial charge in [0.15, 0.2) is 0 Å². The zero-order valence-corrected chi connectivity index (χ0v) is 15.0. The highest BCUT2D eigenvalue weighted by Crippen LogP contribution is 2.24. The maximum Gasteiger partial charge on any atom is 0.244 e. The first kappa shape index (κ1) is 17.5. The van der Waals surface area contributed by atoms with Crippen LogP contribution in [0, 0.1) is 6.92 Å². The highest BCUT2D eigenvalue weighted by atomic mass is 16.5. The summed E-state index contributed by atoms with van der Waals surface area (Å²) in [4.78, 5) is 16.6. The van der Waals surface area contributed by atoms with Crippen LogP contribution in [0.25, 0.3) is 11.7 Å². The van der Waals surface area contributed by atoms with E-state index in [4.69, 9.17) is 9.47 Å². The van der Waals surface area contributed by atoms with Gasteiger partial charge in [-0.15, -0.1) is 0 Å². The molecule has 0 saturated heterocycles. The van der Waals surface area contributed by atoms with Crippen molar-refractivity contribution < 1.29 is 14.3 Å². The van der Waals surface area contributed by atoms with Crippen molar-refractivity contribution >= 4 is 17.6 Å². The summed E-state index contributed by atoms with van der Waals surface area (Å²) in [6, 6.07) is 9.38. The monoisotopic (exact) mass is 351 g/mol. The lowest BCUT2D eigenvalue weighted by atomic mass is 10.1. The number of aromatic nitrogens is 2. The van der Waals surface area contributed by atoms with Crippen molar-refractivity contribution in [3.05, 3.63) is 65.6 Å². The summed E-state index contributed by atoms with van der Waals surface area (Å²) in [5.41, 5.74) is 3.58. The molecule has 0 spiro atoms. The van der Waals surface area contributed by atoms with E-state index in [1.807, 2.05) is 41.9 Å². The number of hydrogen-bond donors (Lipinski definition) is 1. The van der Waals surface area contributed by atoms with Crippen LogP contribution >= 0.6 is 0 Å². The van der Waals surface area contributed by atoms with Crippen molar-refractivity contribution in [1.82, 2.24) is 14.7 Å². The van der Waals surface area contributed by atoms with E-state index in [9.17, 15) is 4.79 Å². The molecule has 2 aromatic heterocycles. The maximum absolute atomic E-state index is 12.1. The average Bonchev–Trinajstić information content (AvgIpc) is 3.06. The Morgan fingerprint density at radius 2 is 2.04 bits per heavy atom. The largest absolute Gasteiger partial charge is 0.497 e. The number of methoxy groups -OCH3 is 2. The minimum absolute atomic E-state index is 0.205. The molecule has 0 atom stereocenters. The van der Waals surface area contributed by atoms with Crippen molar-refractivity contribution in [2.45, 2.75) is 13.5 Å². The number of imidazole rings is 1. The van der Waals surface area contributed by atoms with Gasteiger partial charge in [0.2, 0.25) is 5.91 Å². The Labute approximate surface area is 152 Å². The van der Waals surface area contributed by atoms with Gasteiger partial charge in [0, 0.05) is 24.0 Å². The standard InChI is InChI=1S/C20H21N3O3/c1-14-4-8-19-22-16(13-23(19)12-14)11-21-20(24)9-5-15-10-17(25-2)6-7-18(15)26-3/h4-10,12-13H,11H2,1-3H3,(H,21,24)/b9-5+. The SMILES string of the molecule is COc1ccc(OC)c(/C=C/C(=O)NCc2cn3cc(C)ccc3n2)c1. The van der Waals surface area contributed by atoms with Crippen LogP contribution in [-0.2, 0) is 11.3 Å². The van der Waals surface area contributed by atoms with Crippen LogP contribution in [-0.4, -0.2) is 29.5 Å². The number of amides is 1. The molecule has 0 radical (unpaired) electrons. The smallest absolute Gasteiger partial charge is 0.244 e. The van der Waals surface area contributed by atoms with Crippen LogP contribution in [0.2, 0.25) is 0 Å². The molecule has 0 saturated carbocycles. The number of carbonyl (C=O) groups is 1. The van der Waals surface area contributed by atoms with E-state index in [0.29, 0.717) is 18.0 Å². The number of hydrogen-bond acceptors (Lipinski definition) is 4. The quantitative estimate of drug-likeness (QED) is 0.694. The second-order valence-electron chi connectivity index (χ2n) is 5.86. The Balaban J connectivity index is 1.65. The second kappa shape index (κ2) is 7.74. The van der Waals surface area contributed by atoms with E-state index in [0.717, 1.165) is 22.5 Å². The van der Waals surface area contributed by atoms with E-state index in [2.05, 4.69) is 10.3 Å². The highest BCUT2D eigenvalue weighted by Gasteiger charge is 2.05. The Kier molecular flexibility index (Phi) is 5.22. The minimum atomic E-state index is -0.205. The summed E-state index contributed by atoms with van der Waals surface area (Å²) in [6.45, 7) is 2.39. The summed E-state index contributed by atoms with van der Waals surface area (Å²) in [6.07, 6.45) is 7.08. The molecule has 0 fully saturated rings. The van der Waals surface area contributed by atoms with Gasteiger partial charge in [-0.1, -0.05) is 6.07 Å². The van der Waals surface area contributed by atoms with Gasteiger partial charge in [0.1, 0.15) is 17.1 Å². The molecular formula is C20H21N3O3. The van der Waals surface area contributed by atoms with Crippen LogP contribution in [0.3, 0.4) is 0 Å². The van der Waals surface area contributed by atoms with E-state index in [1.165, 1.54) is 6.08 Å². The van der Waals surface area contributed by atoms with Crippen LogP contribution in [0.4, 0.5) is 0 Å². The molecule has 3 rings (SSSR count). The highest BCUT2D eigenvalue weighted by molar-refractivity contribution is 5.92. The van der Waals surface area contributed by atoms with E-state index >= 15 is 0 Å². The first-order valence-corrected chi connectivity index (χ1v) is 8.21. The zero-order chi connectivity index (χ0) is 18.5. The van der Waals surface area contributed by atoms with Gasteiger partial charge in [-0.3, -0.25) is 4.79 Å². The normalized spacial score (nSPS) is 11.0. The lowest BCUT2D eigenvalue weighted by Crippen LogP contribution is -2.20. The number of benzene rings is 1. The third-order valence-corrected chi connectivity index (χ3v) is 3.94. The van der Waals surface area contributed by atoms with Gasteiger partial charge in [0.05, 0.1) is 26.5 Å². The fraction of sp³-hybridized carbons (Fsp3) is 0.200. The molecule has 2 heterocycles. The van der Waals surface area contributed by atoms with Crippen LogP contribution in [0.1, 0.15) is 16.8 Å². The molecule has 6 nitrogen and oxygen atoms in total. The van der Waals surface area contributed by atoms with Gasteiger partial charge in [0.25, 0.3) is 0 Å². The molecule has 0 aliphatic heterocycles. The maximum atomic E-state index is 12.1. The zero-order valence-electron chi connectivity index (χ0n) is 15.0. The Morgan fingerprint density at radius 3 is 2.81 bits per heavy atom. The Hall–Kier alpha value is -3.28. The number of nitrogens with one attached hydrogen (secondary N) is 1. The number of carbonyl (C=O) groups excluding carboxylic acids is 1. The summed E-state index contributed by atoms with van der Waals surface area (Å²) in [5, 5.41) is 2.84. The Bertz CT molecular complexity index is 960. The molecule has 0 bridgehead atoms. The van der Waals surface area contributed by atoms with Gasteiger partial charge in [-0.25, -0.2) is 4.98 Å². The van der Waals surface area contributed by atoms with Crippen LogP contribution in [0.15, 0.2) is 48.8 Å². The van der Waals surface area contributed by atoms with Crippen LogP contribution < -0.4 is 14.8 Å². The molecular weight excluding hydrogens is 330 g/mol. The molecule has 0 unspecified atom stereocenters. The number of rotatable bonds is 6. The van der Waals surface area contributed by atoms with Gasteiger partial charge >= 0.3 is 0 Å². The molecule has 3 aromatic rings. The Morgan fingerprint density at radius 1 is 1.19 bits per heavy atom. The van der Waals surface area contributed by atoms with Crippen molar-refractivity contribution in [2.75, 3.05) is 14.2 Å². The van der Waals surface area contributed by atoms with Gasteiger partial charge in [-0.05, 0) is 42.8 Å². The van der Waals surface area contributed by atoms with Crippen molar-refractivity contribution in [3.63, 3.8) is 0 Å². The molecule has 1 aromatic carbocycles. The first-order valence-electron chi connectivity index (χ1n) is 8.21. The predicted octanol–water partition coefficient (Wildman–Crippen LogP) is 2.99. The predicted molar refractivity (Wildman–Crippen MR) is 100 cm³/mol.